The summed E-state index contributed by atoms with van der Waals surface area (Å²) >= 11 is 4.42. The van der Waals surface area contributed by atoms with Crippen LogP contribution in [0.1, 0.15) is 10.5 Å². The molecule has 8 heteroatoms. The Morgan fingerprint density at radius 2 is 2.25 bits per heavy atom. The van der Waals surface area contributed by atoms with Gasteiger partial charge in [0, 0.05) is 22.1 Å². The first-order valence-electron chi connectivity index (χ1n) is 5.37. The molecule has 3 rings (SSSR count). The topological polar surface area (TPSA) is 63.8 Å². The maximum atomic E-state index is 13.3. The van der Waals surface area contributed by atoms with Gasteiger partial charge in [0.15, 0.2) is 10.7 Å². The highest BCUT2D eigenvalue weighted by Gasteiger charge is 2.21. The van der Waals surface area contributed by atoms with Crippen LogP contribution >= 0.6 is 27.3 Å². The molecule has 1 N–H and O–H groups in total. The Morgan fingerprint density at radius 1 is 1.45 bits per heavy atom. The Balaban J connectivity index is 2.07. The molecule has 2 aromatic heterocycles. The van der Waals surface area contributed by atoms with Gasteiger partial charge >= 0.3 is 5.97 Å². The van der Waals surface area contributed by atoms with E-state index in [0.29, 0.717) is 9.43 Å². The second-order valence-electron chi connectivity index (χ2n) is 3.83. The fourth-order valence-corrected chi connectivity index (χ4v) is 2.88. The highest BCUT2D eigenvalue weighted by Crippen LogP contribution is 2.30. The van der Waals surface area contributed by atoms with Crippen LogP contribution in [0, 0.1) is 5.82 Å². The Morgan fingerprint density at radius 3 is 2.95 bits per heavy atom. The zero-order valence-electron chi connectivity index (χ0n) is 9.71. The number of aromatic carboxylic acids is 1. The monoisotopic (exact) mass is 356 g/mol. The predicted molar refractivity (Wildman–Crippen MR) is 74.2 cm³/mol. The van der Waals surface area contributed by atoms with Crippen LogP contribution in [0.25, 0.3) is 4.96 Å². The van der Waals surface area contributed by atoms with Crippen LogP contribution in [0.3, 0.4) is 0 Å². The number of hydrogen-bond acceptors (Lipinski definition) is 4. The minimum atomic E-state index is -1.17. The van der Waals surface area contributed by atoms with Crippen molar-refractivity contribution in [2.75, 3.05) is 0 Å². The molecule has 0 unspecified atom stereocenters. The number of carboxylic acids is 1. The van der Waals surface area contributed by atoms with E-state index >= 15 is 0 Å². The van der Waals surface area contributed by atoms with Crippen LogP contribution in [0.4, 0.5) is 4.39 Å². The van der Waals surface area contributed by atoms with Gasteiger partial charge in [0.25, 0.3) is 5.88 Å². The largest absolute Gasteiger partial charge is 0.476 e. The van der Waals surface area contributed by atoms with Crippen molar-refractivity contribution in [3.63, 3.8) is 0 Å². The zero-order chi connectivity index (χ0) is 14.3. The number of thiazole rings is 1. The van der Waals surface area contributed by atoms with Crippen LogP contribution in [0.5, 0.6) is 11.6 Å². The van der Waals surface area contributed by atoms with Crippen molar-refractivity contribution in [2.24, 2.45) is 0 Å². The van der Waals surface area contributed by atoms with E-state index in [4.69, 9.17) is 4.74 Å². The van der Waals surface area contributed by atoms with Gasteiger partial charge in [-0.1, -0.05) is 15.9 Å². The van der Waals surface area contributed by atoms with Crippen molar-refractivity contribution in [1.29, 1.82) is 0 Å². The van der Waals surface area contributed by atoms with E-state index in [2.05, 4.69) is 20.9 Å². The molecule has 0 saturated heterocycles. The molecule has 3 aromatic rings. The fourth-order valence-electron chi connectivity index (χ4n) is 1.73. The summed E-state index contributed by atoms with van der Waals surface area (Å²) in [7, 11) is 0. The minimum Gasteiger partial charge on any atom is -0.476 e. The van der Waals surface area contributed by atoms with Crippen molar-refractivity contribution in [3.05, 3.63) is 45.8 Å². The van der Waals surface area contributed by atoms with Gasteiger partial charge in [-0.2, -0.15) is 4.98 Å². The number of rotatable bonds is 3. The Labute approximate surface area is 124 Å². The van der Waals surface area contributed by atoms with Crippen molar-refractivity contribution in [2.45, 2.75) is 0 Å². The fraction of sp³-hybridized carbons (Fsp3) is 0. The molecular formula is C12H6BrFN2O3S. The normalized spacial score (nSPS) is 10.9. The van der Waals surface area contributed by atoms with Gasteiger partial charge in [-0.25, -0.2) is 9.18 Å². The third kappa shape index (κ3) is 2.27. The molecule has 20 heavy (non-hydrogen) atoms. The van der Waals surface area contributed by atoms with E-state index in [1.165, 1.54) is 27.9 Å². The highest BCUT2D eigenvalue weighted by atomic mass is 79.9. The molecule has 1 aromatic carbocycles. The van der Waals surface area contributed by atoms with Crippen LogP contribution in [-0.2, 0) is 0 Å². The molecule has 0 aliphatic rings. The predicted octanol–water partition coefficient (Wildman–Crippen LogP) is 3.79. The third-order valence-corrected chi connectivity index (χ3v) is 3.70. The lowest BCUT2D eigenvalue weighted by Crippen LogP contribution is -2.02. The molecule has 0 radical (unpaired) electrons. The Kier molecular flexibility index (Phi) is 3.19. The molecule has 5 nitrogen and oxygen atoms in total. The first-order chi connectivity index (χ1) is 9.54. The SMILES string of the molecule is O=C(O)c1c(Oc2cc(F)cc(Br)c2)nc2sccn12. The number of carboxylic acid groups (broad SMARTS) is 1. The van der Waals surface area contributed by atoms with E-state index in [0.717, 1.165) is 6.07 Å². The average molecular weight is 357 g/mol. The average Bonchev–Trinajstić information content (AvgIpc) is 2.86. The second kappa shape index (κ2) is 4.88. The summed E-state index contributed by atoms with van der Waals surface area (Å²) in [4.78, 5) is 15.9. The van der Waals surface area contributed by atoms with E-state index in [1.807, 2.05) is 0 Å². The summed E-state index contributed by atoms with van der Waals surface area (Å²) in [5.74, 6) is -1.55. The number of halogens is 2. The number of fused-ring (bicyclic) bond motifs is 1. The van der Waals surface area contributed by atoms with Crippen LogP contribution in [0.2, 0.25) is 0 Å². The first-order valence-corrected chi connectivity index (χ1v) is 7.04. The number of aromatic nitrogens is 2. The number of benzene rings is 1. The quantitative estimate of drug-likeness (QED) is 0.775. The van der Waals surface area contributed by atoms with Crippen LogP contribution in [0.15, 0.2) is 34.2 Å². The lowest BCUT2D eigenvalue weighted by Gasteiger charge is -2.04. The molecular weight excluding hydrogens is 351 g/mol. The summed E-state index contributed by atoms with van der Waals surface area (Å²) in [6.07, 6.45) is 1.59. The molecule has 0 bridgehead atoms. The number of imidazole rings is 1. The molecule has 0 fully saturated rings. The number of carbonyl (C=O) groups is 1. The van der Waals surface area contributed by atoms with E-state index in [-0.39, 0.29) is 17.3 Å². The minimum absolute atomic E-state index is 0.0677. The zero-order valence-corrected chi connectivity index (χ0v) is 12.1. The number of nitrogens with zero attached hydrogens (tertiary/aromatic N) is 2. The van der Waals surface area contributed by atoms with Gasteiger partial charge in [-0.05, 0) is 12.1 Å². The van der Waals surface area contributed by atoms with Gasteiger partial charge in [0.1, 0.15) is 11.6 Å². The van der Waals surface area contributed by atoms with Crippen molar-refractivity contribution in [3.8, 4) is 11.6 Å². The lowest BCUT2D eigenvalue weighted by molar-refractivity contribution is 0.0686. The molecule has 0 aliphatic carbocycles. The molecule has 0 amide bonds. The van der Waals surface area contributed by atoms with Gasteiger partial charge in [0.2, 0.25) is 0 Å². The van der Waals surface area contributed by atoms with E-state index in [1.54, 1.807) is 11.6 Å². The summed E-state index contributed by atoms with van der Waals surface area (Å²) in [5.41, 5.74) is -0.0957. The molecule has 0 atom stereocenters. The van der Waals surface area contributed by atoms with Gasteiger partial charge < -0.3 is 9.84 Å². The maximum Gasteiger partial charge on any atom is 0.358 e. The molecule has 0 saturated carbocycles. The number of hydrogen-bond donors (Lipinski definition) is 1. The molecule has 102 valence electrons. The van der Waals surface area contributed by atoms with E-state index < -0.39 is 11.8 Å². The summed E-state index contributed by atoms with van der Waals surface area (Å²) < 4.78 is 20.6. The summed E-state index contributed by atoms with van der Waals surface area (Å²) in [5, 5.41) is 11.0. The van der Waals surface area contributed by atoms with Crippen molar-refractivity contribution in [1.82, 2.24) is 9.38 Å². The molecule has 2 heterocycles. The van der Waals surface area contributed by atoms with Gasteiger partial charge in [-0.3, -0.25) is 4.40 Å². The van der Waals surface area contributed by atoms with Crippen LogP contribution in [-0.4, -0.2) is 20.5 Å². The van der Waals surface area contributed by atoms with Crippen molar-refractivity contribution >= 4 is 38.2 Å². The van der Waals surface area contributed by atoms with Crippen LogP contribution < -0.4 is 4.74 Å². The number of ether oxygens (including phenoxy) is 1. The first kappa shape index (κ1) is 13.1. The lowest BCUT2D eigenvalue weighted by atomic mass is 10.3. The maximum absolute atomic E-state index is 13.3. The standard InChI is InChI=1S/C12H6BrFN2O3S/c13-6-3-7(14)5-8(4-6)19-10-9(11(17)18)16-1-2-20-12(16)15-10/h1-5H,(H,17,18). The van der Waals surface area contributed by atoms with Gasteiger partial charge in [-0.15, -0.1) is 11.3 Å². The Hall–Kier alpha value is -1.93. The summed E-state index contributed by atoms with van der Waals surface area (Å²) in [6, 6.07) is 3.96. The third-order valence-electron chi connectivity index (χ3n) is 2.48. The van der Waals surface area contributed by atoms with E-state index in [9.17, 15) is 14.3 Å². The molecule has 0 spiro atoms. The Bertz CT molecular complexity index is 794. The van der Waals surface area contributed by atoms with Gasteiger partial charge in [0.05, 0.1) is 0 Å². The van der Waals surface area contributed by atoms with Crippen molar-refractivity contribution < 1.29 is 19.0 Å². The smallest absolute Gasteiger partial charge is 0.358 e. The summed E-state index contributed by atoms with van der Waals surface area (Å²) in [6.45, 7) is 0. The molecule has 0 aliphatic heterocycles. The highest BCUT2D eigenvalue weighted by molar-refractivity contribution is 9.10. The second-order valence-corrected chi connectivity index (χ2v) is 5.62.